The first-order valence-electron chi connectivity index (χ1n) is 5.66. The SMILES string of the molecule is NNc1c2c(nc3cc(Cl)c(F)c(Cl)c13)CCOC2. The van der Waals surface area contributed by atoms with Gasteiger partial charge in [-0.2, -0.15) is 0 Å². The van der Waals surface area contributed by atoms with Crippen molar-refractivity contribution in [3.05, 3.63) is 33.2 Å². The third kappa shape index (κ3) is 1.94. The van der Waals surface area contributed by atoms with Crippen molar-refractivity contribution < 1.29 is 9.13 Å². The van der Waals surface area contributed by atoms with E-state index in [1.807, 2.05) is 0 Å². The number of nitrogens with two attached hydrogens (primary N) is 1. The van der Waals surface area contributed by atoms with Crippen molar-refractivity contribution in [1.29, 1.82) is 0 Å². The molecule has 3 N–H and O–H groups in total. The Hall–Kier alpha value is -1.14. The number of pyridine rings is 1. The number of anilines is 1. The summed E-state index contributed by atoms with van der Waals surface area (Å²) in [5.74, 6) is 4.87. The maximum absolute atomic E-state index is 13.8. The number of hydrogen-bond donors (Lipinski definition) is 2. The Balaban J connectivity index is 2.44. The summed E-state index contributed by atoms with van der Waals surface area (Å²) in [5.41, 5.74) is 5.31. The van der Waals surface area contributed by atoms with Crippen molar-refractivity contribution >= 4 is 39.8 Å². The van der Waals surface area contributed by atoms with Gasteiger partial charge in [-0.1, -0.05) is 23.2 Å². The number of halogens is 3. The molecule has 0 aliphatic carbocycles. The van der Waals surface area contributed by atoms with Gasteiger partial charge < -0.3 is 10.2 Å². The number of benzene rings is 1. The van der Waals surface area contributed by atoms with Gasteiger partial charge in [0.2, 0.25) is 0 Å². The van der Waals surface area contributed by atoms with Gasteiger partial charge in [-0.05, 0) is 6.07 Å². The van der Waals surface area contributed by atoms with E-state index in [0.29, 0.717) is 36.2 Å². The summed E-state index contributed by atoms with van der Waals surface area (Å²) in [5, 5.41) is 0.284. The van der Waals surface area contributed by atoms with Crippen LogP contribution in [-0.4, -0.2) is 11.6 Å². The second kappa shape index (κ2) is 4.76. The fourth-order valence-electron chi connectivity index (χ4n) is 2.28. The van der Waals surface area contributed by atoms with Gasteiger partial charge in [0.1, 0.15) is 0 Å². The van der Waals surface area contributed by atoms with Crippen LogP contribution in [0.25, 0.3) is 10.9 Å². The van der Waals surface area contributed by atoms with E-state index in [9.17, 15) is 4.39 Å². The lowest BCUT2D eigenvalue weighted by atomic mass is 10.0. The summed E-state index contributed by atoms with van der Waals surface area (Å²) in [7, 11) is 0. The average Bonchev–Trinajstić information content (AvgIpc) is 2.42. The molecule has 1 aromatic carbocycles. The zero-order chi connectivity index (χ0) is 13.6. The van der Waals surface area contributed by atoms with Crippen molar-refractivity contribution in [2.45, 2.75) is 13.0 Å². The molecule has 0 amide bonds. The van der Waals surface area contributed by atoms with Gasteiger partial charge in [-0.15, -0.1) is 0 Å². The Kier molecular flexibility index (Phi) is 3.22. The third-order valence-electron chi connectivity index (χ3n) is 3.17. The molecule has 0 fully saturated rings. The van der Waals surface area contributed by atoms with E-state index in [4.69, 9.17) is 33.8 Å². The number of ether oxygens (including phenoxy) is 1. The lowest BCUT2D eigenvalue weighted by molar-refractivity contribution is 0.110. The molecule has 2 heterocycles. The van der Waals surface area contributed by atoms with Crippen molar-refractivity contribution in [1.82, 2.24) is 4.98 Å². The highest BCUT2D eigenvalue weighted by Crippen LogP contribution is 2.38. The van der Waals surface area contributed by atoms with Crippen LogP contribution in [0.4, 0.5) is 10.1 Å². The van der Waals surface area contributed by atoms with E-state index in [-0.39, 0.29) is 10.0 Å². The Morgan fingerprint density at radius 2 is 2.21 bits per heavy atom. The Labute approximate surface area is 118 Å². The Morgan fingerprint density at radius 3 is 2.95 bits per heavy atom. The van der Waals surface area contributed by atoms with Crippen molar-refractivity contribution in [3.8, 4) is 0 Å². The molecule has 2 aromatic rings. The van der Waals surface area contributed by atoms with Gasteiger partial charge in [-0.3, -0.25) is 10.8 Å². The van der Waals surface area contributed by atoms with Gasteiger partial charge in [0.15, 0.2) is 5.82 Å². The molecule has 0 bridgehead atoms. The molecule has 0 unspecified atom stereocenters. The molecule has 7 heteroatoms. The van der Waals surface area contributed by atoms with Crippen LogP contribution in [0.1, 0.15) is 11.3 Å². The largest absolute Gasteiger partial charge is 0.376 e. The van der Waals surface area contributed by atoms with Gasteiger partial charge in [0.25, 0.3) is 0 Å². The molecule has 1 aliphatic rings. The smallest absolute Gasteiger partial charge is 0.161 e. The van der Waals surface area contributed by atoms with Crippen LogP contribution in [0.15, 0.2) is 6.07 Å². The van der Waals surface area contributed by atoms with E-state index >= 15 is 0 Å². The first-order valence-corrected chi connectivity index (χ1v) is 6.42. The van der Waals surface area contributed by atoms with Crippen LogP contribution in [-0.2, 0) is 17.8 Å². The monoisotopic (exact) mass is 301 g/mol. The van der Waals surface area contributed by atoms with E-state index < -0.39 is 5.82 Å². The molecule has 0 spiro atoms. The summed E-state index contributed by atoms with van der Waals surface area (Å²) in [4.78, 5) is 4.48. The highest BCUT2D eigenvalue weighted by Gasteiger charge is 2.22. The topological polar surface area (TPSA) is 60.2 Å². The molecular weight excluding hydrogens is 292 g/mol. The maximum Gasteiger partial charge on any atom is 0.161 e. The van der Waals surface area contributed by atoms with Gasteiger partial charge in [0.05, 0.1) is 40.2 Å². The lowest BCUT2D eigenvalue weighted by Gasteiger charge is -2.21. The molecule has 4 nitrogen and oxygen atoms in total. The third-order valence-corrected chi connectivity index (χ3v) is 3.80. The van der Waals surface area contributed by atoms with E-state index in [2.05, 4.69) is 10.4 Å². The molecule has 0 saturated carbocycles. The second-order valence-electron chi connectivity index (χ2n) is 4.24. The number of hydrazine groups is 1. The highest BCUT2D eigenvalue weighted by molar-refractivity contribution is 6.39. The van der Waals surface area contributed by atoms with Crippen LogP contribution in [0, 0.1) is 5.82 Å². The van der Waals surface area contributed by atoms with E-state index in [0.717, 1.165) is 11.3 Å². The van der Waals surface area contributed by atoms with Crippen LogP contribution in [0.5, 0.6) is 0 Å². The molecule has 0 radical (unpaired) electrons. The zero-order valence-corrected chi connectivity index (χ0v) is 11.3. The second-order valence-corrected chi connectivity index (χ2v) is 5.02. The number of rotatable bonds is 1. The van der Waals surface area contributed by atoms with Gasteiger partial charge in [-0.25, -0.2) is 4.39 Å². The van der Waals surface area contributed by atoms with Crippen molar-refractivity contribution in [3.63, 3.8) is 0 Å². The normalized spacial score (nSPS) is 14.5. The number of hydrogen-bond acceptors (Lipinski definition) is 4. The first-order chi connectivity index (χ1) is 9.13. The average molecular weight is 302 g/mol. The molecular formula is C12H10Cl2FN3O. The Morgan fingerprint density at radius 1 is 1.42 bits per heavy atom. The molecule has 19 heavy (non-hydrogen) atoms. The van der Waals surface area contributed by atoms with E-state index in [1.165, 1.54) is 6.07 Å². The molecule has 0 atom stereocenters. The first kappa shape index (κ1) is 12.9. The number of nitrogens with zero attached hydrogens (tertiary/aromatic N) is 1. The molecule has 0 saturated heterocycles. The van der Waals surface area contributed by atoms with Crippen LogP contribution in [0.2, 0.25) is 10.0 Å². The number of aromatic nitrogens is 1. The summed E-state index contributed by atoms with van der Waals surface area (Å²) >= 11 is 11.8. The van der Waals surface area contributed by atoms with E-state index in [1.54, 1.807) is 0 Å². The summed E-state index contributed by atoms with van der Waals surface area (Å²) in [6.07, 6.45) is 0.673. The fourth-order valence-corrected chi connectivity index (χ4v) is 2.82. The van der Waals surface area contributed by atoms with Crippen LogP contribution < -0.4 is 11.3 Å². The minimum Gasteiger partial charge on any atom is -0.376 e. The van der Waals surface area contributed by atoms with Gasteiger partial charge in [0, 0.05) is 17.4 Å². The zero-order valence-electron chi connectivity index (χ0n) is 9.77. The van der Waals surface area contributed by atoms with Crippen LogP contribution in [0.3, 0.4) is 0 Å². The highest BCUT2D eigenvalue weighted by atomic mass is 35.5. The maximum atomic E-state index is 13.8. The quantitative estimate of drug-likeness (QED) is 0.483. The molecule has 1 aromatic heterocycles. The fraction of sp³-hybridized carbons (Fsp3) is 0.250. The molecule has 1 aliphatic heterocycles. The van der Waals surface area contributed by atoms with Crippen molar-refractivity contribution in [2.75, 3.05) is 12.0 Å². The minimum atomic E-state index is -0.675. The van der Waals surface area contributed by atoms with Gasteiger partial charge >= 0.3 is 0 Å². The lowest BCUT2D eigenvalue weighted by Crippen LogP contribution is -2.18. The van der Waals surface area contributed by atoms with Crippen molar-refractivity contribution in [2.24, 2.45) is 5.84 Å². The minimum absolute atomic E-state index is 0.0556. The number of nitrogens with one attached hydrogen (secondary N) is 1. The molecule has 3 rings (SSSR count). The summed E-state index contributed by atoms with van der Waals surface area (Å²) < 4.78 is 19.2. The predicted molar refractivity (Wildman–Crippen MR) is 72.9 cm³/mol. The standard InChI is InChI=1S/C12H10Cl2FN3O/c13-6-3-8-9(10(14)11(6)15)12(18-16)5-4-19-2-1-7(5)17-8/h3H,1-2,4,16H2,(H,17,18). The molecule has 100 valence electrons. The Bertz CT molecular complexity index is 678. The summed E-state index contributed by atoms with van der Waals surface area (Å²) in [6, 6.07) is 1.45. The van der Waals surface area contributed by atoms with Crippen LogP contribution >= 0.6 is 23.2 Å². The number of fused-ring (bicyclic) bond motifs is 2. The predicted octanol–water partition coefficient (Wildman–Crippen LogP) is 3.04. The number of nitrogen functional groups attached to an aromatic ring is 1. The summed E-state index contributed by atoms with van der Waals surface area (Å²) in [6.45, 7) is 0.969.